The van der Waals surface area contributed by atoms with Gasteiger partial charge in [-0.15, -0.1) is 24.8 Å². The average molecular weight is 403 g/mol. The van der Waals surface area contributed by atoms with Gasteiger partial charge in [-0.3, -0.25) is 4.90 Å². The largest absolute Gasteiger partial charge is 0.379 e. The smallest absolute Gasteiger partial charge is 0.0700 e. The molecule has 0 amide bonds. The molecule has 0 aliphatic carbocycles. The monoisotopic (exact) mass is 402 g/mol. The maximum atomic E-state index is 5.67. The first-order chi connectivity index (χ1) is 11.7. The fourth-order valence-electron chi connectivity index (χ4n) is 5.02. The summed E-state index contributed by atoms with van der Waals surface area (Å²) in [6, 6.07) is 9.50. The molecule has 4 nitrogen and oxygen atoms in total. The zero-order valence-corrected chi connectivity index (χ0v) is 17.4. The van der Waals surface area contributed by atoms with E-state index in [-0.39, 0.29) is 24.8 Å². The summed E-state index contributed by atoms with van der Waals surface area (Å²) in [7, 11) is 2.30. The Morgan fingerprint density at radius 1 is 1.00 bits per heavy atom. The van der Waals surface area contributed by atoms with Crippen molar-refractivity contribution >= 4 is 24.8 Å². The van der Waals surface area contributed by atoms with E-state index >= 15 is 0 Å². The Hall–Kier alpha value is -0.360. The first-order valence-electron chi connectivity index (χ1n) is 9.36. The van der Waals surface area contributed by atoms with Gasteiger partial charge in [0.25, 0.3) is 0 Å². The number of fused-ring (bicyclic) bond motifs is 1. The third kappa shape index (κ3) is 4.54. The van der Waals surface area contributed by atoms with Gasteiger partial charge in [-0.1, -0.05) is 24.3 Å². The van der Waals surface area contributed by atoms with Crippen LogP contribution in [-0.4, -0.2) is 69.5 Å². The molecule has 0 spiro atoms. The van der Waals surface area contributed by atoms with Gasteiger partial charge in [0.15, 0.2) is 0 Å². The van der Waals surface area contributed by atoms with Crippen molar-refractivity contribution in [2.45, 2.75) is 13.0 Å². The molecule has 3 aliphatic rings. The van der Waals surface area contributed by atoms with Gasteiger partial charge in [0.2, 0.25) is 0 Å². The van der Waals surface area contributed by atoms with E-state index in [1.54, 1.807) is 0 Å². The van der Waals surface area contributed by atoms with Gasteiger partial charge < -0.3 is 14.4 Å². The zero-order valence-electron chi connectivity index (χ0n) is 15.8. The topological polar surface area (TPSA) is 24.9 Å². The molecular formula is C20H32Cl2N2O2. The van der Waals surface area contributed by atoms with Gasteiger partial charge in [-0.25, -0.2) is 0 Å². The lowest BCUT2D eigenvalue weighted by atomic mass is 9.88. The van der Waals surface area contributed by atoms with Crippen LogP contribution in [0.4, 0.5) is 0 Å². The molecule has 26 heavy (non-hydrogen) atoms. The van der Waals surface area contributed by atoms with Crippen LogP contribution in [0.3, 0.4) is 0 Å². The second kappa shape index (κ2) is 9.72. The number of likely N-dealkylation sites (tertiary alicyclic amines) is 2. The molecule has 148 valence electrons. The highest BCUT2D eigenvalue weighted by Crippen LogP contribution is 2.44. The molecule has 1 aromatic rings. The van der Waals surface area contributed by atoms with Crippen LogP contribution in [0, 0.1) is 24.7 Å². The minimum absolute atomic E-state index is 0. The molecule has 3 fully saturated rings. The molecule has 4 rings (SSSR count). The number of hydrogen-bond acceptors (Lipinski definition) is 4. The Balaban J connectivity index is 0.00000121. The fourth-order valence-corrected chi connectivity index (χ4v) is 5.02. The lowest BCUT2D eigenvalue weighted by Crippen LogP contribution is -2.34. The van der Waals surface area contributed by atoms with E-state index in [4.69, 9.17) is 9.47 Å². The Morgan fingerprint density at radius 3 is 2.38 bits per heavy atom. The summed E-state index contributed by atoms with van der Waals surface area (Å²) in [6.07, 6.45) is 0. The van der Waals surface area contributed by atoms with Crippen molar-refractivity contribution in [3.8, 4) is 0 Å². The minimum Gasteiger partial charge on any atom is -0.379 e. The van der Waals surface area contributed by atoms with Gasteiger partial charge in [0.05, 0.1) is 26.4 Å². The number of ether oxygens (including phenoxy) is 2. The van der Waals surface area contributed by atoms with Crippen LogP contribution >= 0.6 is 24.8 Å². The summed E-state index contributed by atoms with van der Waals surface area (Å²) in [5.41, 5.74) is 2.95. The number of rotatable bonds is 3. The van der Waals surface area contributed by atoms with Crippen molar-refractivity contribution in [1.82, 2.24) is 9.80 Å². The van der Waals surface area contributed by atoms with E-state index in [2.05, 4.69) is 48.0 Å². The Labute approximate surface area is 170 Å². The fraction of sp³-hybridized carbons (Fsp3) is 0.700. The molecule has 6 heteroatoms. The molecule has 3 atom stereocenters. The summed E-state index contributed by atoms with van der Waals surface area (Å²) in [5.74, 6) is 2.08. The summed E-state index contributed by atoms with van der Waals surface area (Å²) in [5, 5.41) is 0. The zero-order chi connectivity index (χ0) is 16.5. The third-order valence-electron chi connectivity index (χ3n) is 6.07. The average Bonchev–Trinajstić information content (AvgIpc) is 2.94. The van der Waals surface area contributed by atoms with Crippen LogP contribution < -0.4 is 0 Å². The van der Waals surface area contributed by atoms with E-state index < -0.39 is 0 Å². The standard InChI is InChI=1S/C20H30N2O2.2ClH/c1-15-5-3-4-6-18(15)20-19-12-22(11-17(19)10-21(20)2)9-16-13-23-7-8-24-14-16;;/h3-6,16-17,19-20H,7-14H2,1-2H3;2*1H/t17-,19+,20+;;/m0../s1. The highest BCUT2D eigenvalue weighted by Gasteiger charge is 2.46. The first kappa shape index (κ1) is 21.9. The van der Waals surface area contributed by atoms with Crippen LogP contribution in [0.1, 0.15) is 17.2 Å². The number of nitrogens with zero attached hydrogens (tertiary/aromatic N) is 2. The molecule has 1 aromatic carbocycles. The molecule has 0 saturated carbocycles. The van der Waals surface area contributed by atoms with Crippen LogP contribution in [0.25, 0.3) is 0 Å². The van der Waals surface area contributed by atoms with Crippen molar-refractivity contribution in [3.63, 3.8) is 0 Å². The predicted molar refractivity (Wildman–Crippen MR) is 110 cm³/mol. The second-order valence-corrected chi connectivity index (χ2v) is 7.90. The van der Waals surface area contributed by atoms with Gasteiger partial charge in [0, 0.05) is 38.1 Å². The molecule has 0 radical (unpaired) electrons. The van der Waals surface area contributed by atoms with Crippen molar-refractivity contribution in [2.75, 3.05) is 59.7 Å². The number of hydrogen-bond donors (Lipinski definition) is 0. The predicted octanol–water partition coefficient (Wildman–Crippen LogP) is 3.04. The van der Waals surface area contributed by atoms with Crippen molar-refractivity contribution in [3.05, 3.63) is 35.4 Å². The maximum Gasteiger partial charge on any atom is 0.0700 e. The third-order valence-corrected chi connectivity index (χ3v) is 6.07. The van der Waals surface area contributed by atoms with E-state index in [9.17, 15) is 0 Å². The quantitative estimate of drug-likeness (QED) is 0.775. The highest BCUT2D eigenvalue weighted by atomic mass is 35.5. The van der Waals surface area contributed by atoms with Crippen LogP contribution in [0.15, 0.2) is 24.3 Å². The van der Waals surface area contributed by atoms with Crippen LogP contribution in [-0.2, 0) is 9.47 Å². The summed E-state index contributed by atoms with van der Waals surface area (Å²) < 4.78 is 11.3. The van der Waals surface area contributed by atoms with Gasteiger partial charge in [0.1, 0.15) is 0 Å². The molecular weight excluding hydrogens is 371 g/mol. The molecule has 3 aliphatic heterocycles. The lowest BCUT2D eigenvalue weighted by Gasteiger charge is -2.29. The van der Waals surface area contributed by atoms with Crippen LogP contribution in [0.2, 0.25) is 0 Å². The van der Waals surface area contributed by atoms with Crippen molar-refractivity contribution in [1.29, 1.82) is 0 Å². The maximum absolute atomic E-state index is 5.67. The van der Waals surface area contributed by atoms with Gasteiger partial charge in [-0.05, 0) is 36.9 Å². The van der Waals surface area contributed by atoms with Crippen LogP contribution in [0.5, 0.6) is 0 Å². The number of halogens is 2. The summed E-state index contributed by atoms with van der Waals surface area (Å²) in [4.78, 5) is 5.24. The molecule has 0 bridgehead atoms. The van der Waals surface area contributed by atoms with Gasteiger partial charge >= 0.3 is 0 Å². The first-order valence-corrected chi connectivity index (χ1v) is 9.36. The van der Waals surface area contributed by atoms with E-state index in [1.807, 2.05) is 0 Å². The Morgan fingerprint density at radius 2 is 1.69 bits per heavy atom. The number of benzene rings is 1. The normalized spacial score (nSPS) is 30.3. The van der Waals surface area contributed by atoms with E-state index in [1.165, 1.54) is 30.8 Å². The lowest BCUT2D eigenvalue weighted by molar-refractivity contribution is 0.103. The minimum atomic E-state index is 0. The van der Waals surface area contributed by atoms with Gasteiger partial charge in [-0.2, -0.15) is 0 Å². The molecule has 0 unspecified atom stereocenters. The molecule has 0 aromatic heterocycles. The SMILES string of the molecule is Cc1ccccc1[C@@H]1[C@@H]2CN(CC3COCCOC3)C[C@@H]2CN1C.Cl.Cl. The van der Waals surface area contributed by atoms with Crippen molar-refractivity contribution in [2.24, 2.45) is 17.8 Å². The second-order valence-electron chi connectivity index (χ2n) is 7.90. The highest BCUT2D eigenvalue weighted by molar-refractivity contribution is 5.85. The van der Waals surface area contributed by atoms with E-state index in [0.29, 0.717) is 12.0 Å². The summed E-state index contributed by atoms with van der Waals surface area (Å²) in [6.45, 7) is 10.3. The Bertz CT molecular complexity index is 566. The molecule has 0 N–H and O–H groups in total. The Kier molecular flexibility index (Phi) is 8.20. The van der Waals surface area contributed by atoms with Crippen molar-refractivity contribution < 1.29 is 9.47 Å². The van der Waals surface area contributed by atoms with E-state index in [0.717, 1.165) is 44.8 Å². The molecule has 3 saturated heterocycles. The molecule has 3 heterocycles. The summed E-state index contributed by atoms with van der Waals surface area (Å²) >= 11 is 0. The number of aryl methyl sites for hydroxylation is 1.